The molecule has 134 valence electrons. The monoisotopic (exact) mass is 371 g/mol. The summed E-state index contributed by atoms with van der Waals surface area (Å²) in [4.78, 5) is 15.5. The molecule has 0 spiro atoms. The second-order valence-corrected chi connectivity index (χ2v) is 6.70. The number of unbranched alkanes of at least 4 members (excludes halogenated alkanes) is 8. The molecular weight excluding hydrogens is 338 g/mol. The average molecular weight is 371 g/mol. The minimum Gasteiger partial charge on any atom is -0.850 e. The number of amidine groups is 1. The summed E-state index contributed by atoms with van der Waals surface area (Å²) in [5.41, 5.74) is 0. The van der Waals surface area contributed by atoms with Crippen LogP contribution in [0.1, 0.15) is 71.1 Å². The molecule has 0 saturated heterocycles. The Morgan fingerprint density at radius 1 is 1.04 bits per heavy atom. The molecule has 0 saturated carbocycles. The first kappa shape index (κ1) is 28.3. The van der Waals surface area contributed by atoms with Crippen LogP contribution in [0.2, 0.25) is 0 Å². The van der Waals surface area contributed by atoms with Gasteiger partial charge in [-0.05, 0) is 6.42 Å². The fraction of sp³-hybridized carbons (Fsp3) is 0.889. The Bertz CT molecular complexity index is 381. The van der Waals surface area contributed by atoms with Crippen LogP contribution < -0.4 is 69.3 Å². The van der Waals surface area contributed by atoms with Crippen LogP contribution in [0.4, 0.5) is 0 Å². The van der Waals surface area contributed by atoms with E-state index < -0.39 is 5.97 Å². The van der Waals surface area contributed by atoms with Gasteiger partial charge in [0, 0.05) is 6.42 Å². The smallest absolute Gasteiger partial charge is 0.850 e. The van der Waals surface area contributed by atoms with Crippen LogP contribution in [0.3, 0.4) is 0 Å². The molecule has 1 heterocycles. The van der Waals surface area contributed by atoms with Gasteiger partial charge in [0.05, 0.1) is 19.1 Å². The summed E-state index contributed by atoms with van der Waals surface area (Å²) in [6.07, 6.45) is 12.2. The second-order valence-electron chi connectivity index (χ2n) is 6.70. The first-order valence-electron chi connectivity index (χ1n) is 9.32. The molecule has 1 unspecified atom stereocenters. The number of aliphatic imine (C=N–C) groups is 1. The number of quaternary nitrogens is 1. The normalized spacial score (nSPS) is 19.0. The Labute approximate surface area is 197 Å². The van der Waals surface area contributed by atoms with E-state index >= 15 is 0 Å². The van der Waals surface area contributed by atoms with Crippen molar-refractivity contribution >= 4 is 11.8 Å². The largest absolute Gasteiger partial charge is 1.00 e. The maximum absolute atomic E-state index is 11.1. The molecule has 5 nitrogen and oxygen atoms in total. The summed E-state index contributed by atoms with van der Waals surface area (Å²) < 4.78 is 0.239. The number of carbonyl (C=O) groups is 1. The fourth-order valence-electron chi connectivity index (χ4n) is 3.47. The van der Waals surface area contributed by atoms with Crippen molar-refractivity contribution in [1.29, 1.82) is 0 Å². The molecule has 0 radical (unpaired) electrons. The zero-order valence-corrected chi connectivity index (χ0v) is 20.7. The zero-order chi connectivity index (χ0) is 17.0. The maximum atomic E-state index is 11.1. The van der Waals surface area contributed by atoms with Gasteiger partial charge in [-0.1, -0.05) is 64.9 Å². The van der Waals surface area contributed by atoms with Crippen LogP contribution in [0.15, 0.2) is 4.99 Å². The van der Waals surface area contributed by atoms with Gasteiger partial charge in [-0.25, -0.2) is 4.99 Å². The molecule has 25 heavy (non-hydrogen) atoms. The summed E-state index contributed by atoms with van der Waals surface area (Å²) in [6.45, 7) is 3.48. The standard InChI is InChI=1S/C18H34N2O3.2Na/c1-2-3-4-5-6-7-8-9-10-11-17-19-12-13-20(17,14-15-21)16-18(22)23;;/h2-16H2,1H3,(H,22,23);;/q;2*+1/p-1. The van der Waals surface area contributed by atoms with Gasteiger partial charge in [0.2, 0.25) is 0 Å². The van der Waals surface area contributed by atoms with Gasteiger partial charge in [-0.2, -0.15) is 0 Å². The Morgan fingerprint density at radius 2 is 1.60 bits per heavy atom. The van der Waals surface area contributed by atoms with Crippen LogP contribution in [0.5, 0.6) is 0 Å². The number of carbonyl (C=O) groups excluding carboxylic acids is 1. The zero-order valence-electron chi connectivity index (χ0n) is 16.7. The number of carboxylic acid groups (broad SMARTS) is 1. The van der Waals surface area contributed by atoms with Gasteiger partial charge >= 0.3 is 59.1 Å². The van der Waals surface area contributed by atoms with E-state index in [-0.39, 0.29) is 76.7 Å². The predicted molar refractivity (Wildman–Crippen MR) is 88.9 cm³/mol. The SMILES string of the molecule is CCCCCCCCCCCC1=NCC[N+]1(CC[O-])CC(=O)[O-].[Na+].[Na+]. The van der Waals surface area contributed by atoms with Gasteiger partial charge in [-0.15, -0.1) is 0 Å². The number of hydrogen-bond donors (Lipinski definition) is 0. The topological polar surface area (TPSA) is 75.5 Å². The molecule has 0 aromatic carbocycles. The number of rotatable bonds is 14. The summed E-state index contributed by atoms with van der Waals surface area (Å²) in [5.74, 6) is -0.173. The quantitative estimate of drug-likeness (QED) is 0.175. The Hall–Kier alpha value is 1.06. The summed E-state index contributed by atoms with van der Waals surface area (Å²) >= 11 is 0. The molecule has 1 rings (SSSR count). The number of hydrogen-bond acceptors (Lipinski definition) is 4. The van der Waals surface area contributed by atoms with Gasteiger partial charge in [-0.3, -0.25) is 4.48 Å². The van der Waals surface area contributed by atoms with E-state index in [4.69, 9.17) is 0 Å². The third-order valence-corrected chi connectivity index (χ3v) is 4.82. The summed E-state index contributed by atoms with van der Waals surface area (Å²) in [6, 6.07) is 0. The maximum Gasteiger partial charge on any atom is 1.00 e. The Kier molecular flexibility index (Phi) is 19.4. The van der Waals surface area contributed by atoms with E-state index in [1.54, 1.807) is 0 Å². The number of carboxylic acids is 1. The number of aliphatic carboxylic acids is 1. The first-order valence-corrected chi connectivity index (χ1v) is 9.32. The van der Waals surface area contributed by atoms with E-state index in [9.17, 15) is 15.0 Å². The number of nitrogens with zero attached hydrogens (tertiary/aromatic N) is 2. The van der Waals surface area contributed by atoms with Crippen molar-refractivity contribution in [1.82, 2.24) is 0 Å². The van der Waals surface area contributed by atoms with Crippen LogP contribution in [-0.4, -0.2) is 49.1 Å². The molecule has 0 fully saturated rings. The summed E-state index contributed by atoms with van der Waals surface area (Å²) in [7, 11) is 0. The van der Waals surface area contributed by atoms with Crippen molar-refractivity contribution in [2.75, 3.05) is 32.8 Å². The average Bonchev–Trinajstić information content (AvgIpc) is 2.87. The molecule has 0 bridgehead atoms. The minimum atomic E-state index is -1.08. The molecule has 7 heteroatoms. The molecule has 0 aromatic heterocycles. The van der Waals surface area contributed by atoms with Crippen molar-refractivity contribution < 1.29 is 78.6 Å². The molecule has 1 atom stereocenters. The Balaban J connectivity index is 0. The first-order chi connectivity index (χ1) is 11.1. The van der Waals surface area contributed by atoms with E-state index in [0.29, 0.717) is 19.6 Å². The van der Waals surface area contributed by atoms with E-state index in [1.165, 1.54) is 44.9 Å². The molecular formula is C18H33N2Na2O3+. The summed E-state index contributed by atoms with van der Waals surface area (Å²) in [5, 5.41) is 22.1. The predicted octanol–water partition coefficient (Wildman–Crippen LogP) is -4.75. The van der Waals surface area contributed by atoms with Crippen LogP contribution in [0, 0.1) is 0 Å². The van der Waals surface area contributed by atoms with Crippen LogP contribution in [-0.2, 0) is 4.79 Å². The third kappa shape index (κ3) is 11.5. The van der Waals surface area contributed by atoms with Crippen LogP contribution >= 0.6 is 0 Å². The van der Waals surface area contributed by atoms with Crippen molar-refractivity contribution in [2.45, 2.75) is 71.1 Å². The van der Waals surface area contributed by atoms with E-state index in [2.05, 4.69) is 11.9 Å². The van der Waals surface area contributed by atoms with E-state index in [0.717, 1.165) is 25.1 Å². The van der Waals surface area contributed by atoms with Crippen molar-refractivity contribution in [2.24, 2.45) is 4.99 Å². The third-order valence-electron chi connectivity index (χ3n) is 4.82. The Morgan fingerprint density at radius 3 is 2.12 bits per heavy atom. The van der Waals surface area contributed by atoms with Crippen molar-refractivity contribution in [3.63, 3.8) is 0 Å². The minimum absolute atomic E-state index is 0. The van der Waals surface area contributed by atoms with Gasteiger partial charge in [0.15, 0.2) is 5.84 Å². The molecule has 0 aromatic rings. The molecule has 0 N–H and O–H groups in total. The van der Waals surface area contributed by atoms with Crippen LogP contribution in [0.25, 0.3) is 0 Å². The molecule has 1 aliphatic heterocycles. The fourth-order valence-corrected chi connectivity index (χ4v) is 3.47. The van der Waals surface area contributed by atoms with Crippen molar-refractivity contribution in [3.8, 4) is 0 Å². The second kappa shape index (κ2) is 17.2. The van der Waals surface area contributed by atoms with Gasteiger partial charge < -0.3 is 15.0 Å². The van der Waals surface area contributed by atoms with Gasteiger partial charge in [0.1, 0.15) is 13.1 Å². The molecule has 0 amide bonds. The van der Waals surface area contributed by atoms with Gasteiger partial charge in [0.25, 0.3) is 0 Å². The van der Waals surface area contributed by atoms with E-state index in [1.807, 2.05) is 0 Å². The molecule has 1 aliphatic rings. The molecule has 0 aliphatic carbocycles. The van der Waals surface area contributed by atoms with Crippen molar-refractivity contribution in [3.05, 3.63) is 0 Å².